The van der Waals surface area contributed by atoms with Gasteiger partial charge in [0.2, 0.25) is 0 Å². The predicted molar refractivity (Wildman–Crippen MR) is 60.5 cm³/mol. The van der Waals surface area contributed by atoms with E-state index in [1.165, 1.54) is 0 Å². The maximum Gasteiger partial charge on any atom is 0.355 e. The first-order valence-corrected chi connectivity index (χ1v) is 5.56. The van der Waals surface area contributed by atoms with Gasteiger partial charge in [-0.15, -0.1) is 0 Å². The first kappa shape index (κ1) is 12.0. The summed E-state index contributed by atoms with van der Waals surface area (Å²) in [6.45, 7) is 3.79. The van der Waals surface area contributed by atoms with Crippen molar-refractivity contribution in [3.8, 4) is 5.75 Å². The van der Waals surface area contributed by atoms with Crippen LogP contribution in [0.1, 0.15) is 25.3 Å². The summed E-state index contributed by atoms with van der Waals surface area (Å²) in [5, 5.41) is 0. The van der Waals surface area contributed by atoms with Crippen LogP contribution in [0, 0.1) is 6.92 Å². The molecule has 0 aliphatic rings. The van der Waals surface area contributed by atoms with E-state index in [0.29, 0.717) is 12.2 Å². The highest BCUT2D eigenvalue weighted by molar-refractivity contribution is 9.10. The third-order valence-corrected chi connectivity index (χ3v) is 2.31. The van der Waals surface area contributed by atoms with E-state index < -0.39 is 0 Å². The highest BCUT2D eigenvalue weighted by Crippen LogP contribution is 2.22. The number of benzene rings is 1. The Labute approximate surface area is 97.4 Å². The summed E-state index contributed by atoms with van der Waals surface area (Å²) in [6.07, 6.45) is 1.12. The zero-order valence-corrected chi connectivity index (χ0v) is 10.3. The Morgan fingerprint density at radius 3 is 2.80 bits per heavy atom. The van der Waals surface area contributed by atoms with E-state index in [1.807, 2.05) is 26.0 Å². The quantitative estimate of drug-likeness (QED) is 0.623. The van der Waals surface area contributed by atoms with Gasteiger partial charge in [0.05, 0.1) is 0 Å². The Hall–Kier alpha value is -1.03. The van der Waals surface area contributed by atoms with Gasteiger partial charge in [-0.2, -0.15) is 0 Å². The number of hydrogen-bond donors (Lipinski definition) is 0. The van der Waals surface area contributed by atoms with E-state index in [9.17, 15) is 4.79 Å². The Bertz CT molecular complexity index is 350. The molecule has 1 rings (SSSR count). The van der Waals surface area contributed by atoms with E-state index in [1.54, 1.807) is 6.07 Å². The van der Waals surface area contributed by atoms with Crippen molar-refractivity contribution in [2.75, 3.05) is 0 Å². The van der Waals surface area contributed by atoms with Gasteiger partial charge >= 0.3 is 5.97 Å². The number of carbonyl (C=O) groups excluding carboxylic acids is 1. The molecule has 0 aliphatic heterocycles. The molecule has 0 unspecified atom stereocenters. The van der Waals surface area contributed by atoms with Gasteiger partial charge in [-0.25, -0.2) is 4.79 Å². The van der Waals surface area contributed by atoms with Gasteiger partial charge in [-0.1, -0.05) is 22.9 Å². The Morgan fingerprint density at radius 2 is 2.20 bits per heavy atom. The van der Waals surface area contributed by atoms with Crippen molar-refractivity contribution in [1.29, 1.82) is 0 Å². The van der Waals surface area contributed by atoms with Gasteiger partial charge in [0, 0.05) is 10.9 Å². The summed E-state index contributed by atoms with van der Waals surface area (Å²) in [5.74, 6) is 0.211. The minimum absolute atomic E-state index is 0.347. The van der Waals surface area contributed by atoms with Crippen LogP contribution in [0.2, 0.25) is 0 Å². The van der Waals surface area contributed by atoms with Crippen molar-refractivity contribution in [1.82, 2.24) is 0 Å². The Morgan fingerprint density at radius 1 is 1.47 bits per heavy atom. The molecule has 0 aliphatic carbocycles. The number of aryl methyl sites for hydroxylation is 1. The van der Waals surface area contributed by atoms with Crippen LogP contribution in [-0.4, -0.2) is 5.97 Å². The standard InChI is InChI=1S/C11H13BrO3/c1-3-4-11(13)15-14-10-6-5-9(12)7-8(10)2/h5-7H,3-4H2,1-2H3. The molecule has 0 fully saturated rings. The summed E-state index contributed by atoms with van der Waals surface area (Å²) in [4.78, 5) is 20.6. The zero-order chi connectivity index (χ0) is 11.3. The lowest BCUT2D eigenvalue weighted by Crippen LogP contribution is -2.07. The molecule has 0 heterocycles. The van der Waals surface area contributed by atoms with Gasteiger partial charge in [0.1, 0.15) is 0 Å². The fourth-order valence-corrected chi connectivity index (χ4v) is 1.52. The second-order valence-corrected chi connectivity index (χ2v) is 4.11. The minimum atomic E-state index is -0.347. The van der Waals surface area contributed by atoms with Crippen molar-refractivity contribution < 1.29 is 14.6 Å². The van der Waals surface area contributed by atoms with E-state index in [2.05, 4.69) is 20.8 Å². The third kappa shape index (κ3) is 3.91. The summed E-state index contributed by atoms with van der Waals surface area (Å²) < 4.78 is 0.965. The molecule has 0 aromatic heterocycles. The Kier molecular flexibility index (Phi) is 4.62. The first-order valence-electron chi connectivity index (χ1n) is 4.77. The van der Waals surface area contributed by atoms with Crippen LogP contribution in [-0.2, 0) is 9.68 Å². The highest BCUT2D eigenvalue weighted by Gasteiger charge is 2.05. The van der Waals surface area contributed by atoms with Gasteiger partial charge in [0.25, 0.3) is 0 Å². The molecule has 15 heavy (non-hydrogen) atoms. The van der Waals surface area contributed by atoms with E-state index >= 15 is 0 Å². The fourth-order valence-electron chi connectivity index (χ4n) is 1.04. The van der Waals surface area contributed by atoms with Crippen LogP contribution in [0.5, 0.6) is 5.75 Å². The first-order chi connectivity index (χ1) is 7.13. The van der Waals surface area contributed by atoms with E-state index in [4.69, 9.17) is 4.89 Å². The molecule has 4 heteroatoms. The van der Waals surface area contributed by atoms with Crippen LogP contribution < -0.4 is 4.89 Å². The van der Waals surface area contributed by atoms with Crippen molar-refractivity contribution in [3.63, 3.8) is 0 Å². The van der Waals surface area contributed by atoms with Crippen LogP contribution in [0.25, 0.3) is 0 Å². The topological polar surface area (TPSA) is 35.5 Å². The van der Waals surface area contributed by atoms with Crippen molar-refractivity contribution >= 4 is 21.9 Å². The molecule has 82 valence electrons. The van der Waals surface area contributed by atoms with Crippen molar-refractivity contribution in [2.45, 2.75) is 26.7 Å². The lowest BCUT2D eigenvalue weighted by atomic mass is 10.2. The number of halogens is 1. The van der Waals surface area contributed by atoms with Gasteiger partial charge in [-0.05, 0) is 37.1 Å². The minimum Gasteiger partial charge on any atom is -0.287 e. The molecular weight excluding hydrogens is 260 g/mol. The van der Waals surface area contributed by atoms with E-state index in [0.717, 1.165) is 16.5 Å². The third-order valence-electron chi connectivity index (χ3n) is 1.82. The van der Waals surface area contributed by atoms with E-state index in [-0.39, 0.29) is 5.97 Å². The Balaban J connectivity index is 2.54. The predicted octanol–water partition coefficient (Wildman–Crippen LogP) is 3.39. The van der Waals surface area contributed by atoms with Crippen LogP contribution in [0.4, 0.5) is 0 Å². The average molecular weight is 273 g/mol. The molecule has 0 N–H and O–H groups in total. The molecule has 0 radical (unpaired) electrons. The number of hydrogen-bond acceptors (Lipinski definition) is 3. The van der Waals surface area contributed by atoms with Gasteiger partial charge in [-0.3, -0.25) is 9.78 Å². The SMILES string of the molecule is CCCC(=O)OOc1ccc(Br)cc1C. The smallest absolute Gasteiger partial charge is 0.287 e. The molecule has 0 bridgehead atoms. The highest BCUT2D eigenvalue weighted by atomic mass is 79.9. The molecule has 0 saturated carbocycles. The maximum atomic E-state index is 11.0. The second-order valence-electron chi connectivity index (χ2n) is 3.20. The summed E-state index contributed by atoms with van der Waals surface area (Å²) in [5.41, 5.74) is 0.911. The van der Waals surface area contributed by atoms with Crippen LogP contribution >= 0.6 is 15.9 Å². The normalized spacial score (nSPS) is 9.80. The molecule has 0 saturated heterocycles. The molecule has 0 atom stereocenters. The molecule has 1 aromatic carbocycles. The molecule has 0 spiro atoms. The lowest BCUT2D eigenvalue weighted by Gasteiger charge is -2.06. The molecule has 1 aromatic rings. The van der Waals surface area contributed by atoms with Crippen LogP contribution in [0.15, 0.2) is 22.7 Å². The summed E-state index contributed by atoms with van der Waals surface area (Å²) in [7, 11) is 0. The summed E-state index contributed by atoms with van der Waals surface area (Å²) in [6, 6.07) is 5.47. The molecule has 3 nitrogen and oxygen atoms in total. The molecular formula is C11H13BrO3. The number of carbonyl (C=O) groups is 1. The largest absolute Gasteiger partial charge is 0.355 e. The van der Waals surface area contributed by atoms with Crippen molar-refractivity contribution in [2.24, 2.45) is 0 Å². The van der Waals surface area contributed by atoms with Gasteiger partial charge < -0.3 is 0 Å². The average Bonchev–Trinajstić information content (AvgIpc) is 2.17. The molecule has 0 amide bonds. The lowest BCUT2D eigenvalue weighted by molar-refractivity contribution is -0.214. The van der Waals surface area contributed by atoms with Crippen molar-refractivity contribution in [3.05, 3.63) is 28.2 Å². The van der Waals surface area contributed by atoms with Gasteiger partial charge in [0.15, 0.2) is 5.75 Å². The zero-order valence-electron chi connectivity index (χ0n) is 8.75. The summed E-state index contributed by atoms with van der Waals surface area (Å²) >= 11 is 3.34. The maximum absolute atomic E-state index is 11.0. The second kappa shape index (κ2) is 5.75. The fraction of sp³-hybridized carbons (Fsp3) is 0.364. The number of rotatable bonds is 4. The van der Waals surface area contributed by atoms with Crippen LogP contribution in [0.3, 0.4) is 0 Å². The monoisotopic (exact) mass is 272 g/mol.